The van der Waals surface area contributed by atoms with E-state index >= 15 is 0 Å². The molecule has 1 amide bonds. The standard InChI is InChI=1S/C15H22N2O2/c1-10-8-12-13(9-11(10)2)17(7-6-16-12)14(18)19-15(3,4)5/h8-9,16H,6-7H2,1-5H3. The summed E-state index contributed by atoms with van der Waals surface area (Å²) >= 11 is 0. The van der Waals surface area contributed by atoms with Crippen molar-refractivity contribution in [2.45, 2.75) is 40.2 Å². The van der Waals surface area contributed by atoms with Crippen LogP contribution in [-0.2, 0) is 4.74 Å². The van der Waals surface area contributed by atoms with Crippen molar-refractivity contribution in [1.29, 1.82) is 0 Å². The van der Waals surface area contributed by atoms with Gasteiger partial charge in [0.2, 0.25) is 0 Å². The topological polar surface area (TPSA) is 41.6 Å². The number of hydrogen-bond acceptors (Lipinski definition) is 3. The molecule has 0 aromatic heterocycles. The molecule has 1 heterocycles. The van der Waals surface area contributed by atoms with Crippen LogP contribution in [0.3, 0.4) is 0 Å². The maximum absolute atomic E-state index is 12.2. The number of benzene rings is 1. The average Bonchev–Trinajstić information content (AvgIpc) is 2.27. The molecular weight excluding hydrogens is 240 g/mol. The van der Waals surface area contributed by atoms with Gasteiger partial charge >= 0.3 is 6.09 Å². The summed E-state index contributed by atoms with van der Waals surface area (Å²) in [6.07, 6.45) is -0.279. The van der Waals surface area contributed by atoms with Crippen LogP contribution in [0.1, 0.15) is 31.9 Å². The Morgan fingerprint density at radius 1 is 1.26 bits per heavy atom. The Morgan fingerprint density at radius 2 is 1.89 bits per heavy atom. The summed E-state index contributed by atoms with van der Waals surface area (Å²) < 4.78 is 5.46. The molecule has 1 aliphatic heterocycles. The number of hydrogen-bond donors (Lipinski definition) is 1. The van der Waals surface area contributed by atoms with Crippen LogP contribution in [0.4, 0.5) is 16.2 Å². The first-order valence-corrected chi connectivity index (χ1v) is 6.63. The van der Waals surface area contributed by atoms with Gasteiger partial charge in [-0.2, -0.15) is 0 Å². The zero-order chi connectivity index (χ0) is 14.2. The normalized spacial score (nSPS) is 14.7. The highest BCUT2D eigenvalue weighted by molar-refractivity contribution is 5.94. The Balaban J connectivity index is 2.32. The molecule has 0 atom stereocenters. The van der Waals surface area contributed by atoms with Gasteiger partial charge in [0.25, 0.3) is 0 Å². The van der Waals surface area contributed by atoms with E-state index in [9.17, 15) is 4.79 Å². The van der Waals surface area contributed by atoms with Crippen LogP contribution in [0.15, 0.2) is 12.1 Å². The van der Waals surface area contributed by atoms with E-state index in [0.29, 0.717) is 6.54 Å². The molecule has 0 radical (unpaired) electrons. The Labute approximate surface area is 114 Å². The lowest BCUT2D eigenvalue weighted by molar-refractivity contribution is 0.0581. The third-order valence-electron chi connectivity index (χ3n) is 3.17. The molecule has 0 spiro atoms. The van der Waals surface area contributed by atoms with Crippen LogP contribution in [-0.4, -0.2) is 24.8 Å². The summed E-state index contributed by atoms with van der Waals surface area (Å²) in [5.74, 6) is 0. The molecule has 4 heteroatoms. The third kappa shape index (κ3) is 3.00. The molecule has 0 aliphatic carbocycles. The van der Waals surface area contributed by atoms with Crippen molar-refractivity contribution in [3.8, 4) is 0 Å². The molecule has 104 valence electrons. The Morgan fingerprint density at radius 3 is 2.53 bits per heavy atom. The number of anilines is 2. The third-order valence-corrected chi connectivity index (χ3v) is 3.17. The van der Waals surface area contributed by atoms with Gasteiger partial charge in [0, 0.05) is 13.1 Å². The van der Waals surface area contributed by atoms with Gasteiger partial charge in [0.1, 0.15) is 5.60 Å². The summed E-state index contributed by atoms with van der Waals surface area (Å²) in [7, 11) is 0. The minimum Gasteiger partial charge on any atom is -0.443 e. The van der Waals surface area contributed by atoms with E-state index in [1.807, 2.05) is 26.8 Å². The predicted molar refractivity (Wildman–Crippen MR) is 78.0 cm³/mol. The Kier molecular flexibility index (Phi) is 3.43. The maximum atomic E-state index is 12.2. The fraction of sp³-hybridized carbons (Fsp3) is 0.533. The monoisotopic (exact) mass is 262 g/mol. The minimum atomic E-state index is -0.470. The number of fused-ring (bicyclic) bond motifs is 1. The molecule has 2 rings (SSSR count). The van der Waals surface area contributed by atoms with E-state index < -0.39 is 5.60 Å². The van der Waals surface area contributed by atoms with Gasteiger partial charge in [-0.3, -0.25) is 4.90 Å². The van der Waals surface area contributed by atoms with Crippen LogP contribution in [0.2, 0.25) is 0 Å². The second-order valence-electron chi connectivity index (χ2n) is 6.01. The van der Waals surface area contributed by atoms with Gasteiger partial charge < -0.3 is 10.1 Å². The van der Waals surface area contributed by atoms with Crippen molar-refractivity contribution < 1.29 is 9.53 Å². The van der Waals surface area contributed by atoms with Gasteiger partial charge in [-0.1, -0.05) is 0 Å². The maximum Gasteiger partial charge on any atom is 0.414 e. The molecule has 0 saturated heterocycles. The number of nitrogens with zero attached hydrogens (tertiary/aromatic N) is 1. The Bertz CT molecular complexity index is 504. The van der Waals surface area contributed by atoms with Crippen molar-refractivity contribution in [2.24, 2.45) is 0 Å². The lowest BCUT2D eigenvalue weighted by atomic mass is 10.1. The molecule has 0 unspecified atom stereocenters. The van der Waals surface area contributed by atoms with Crippen molar-refractivity contribution in [2.75, 3.05) is 23.3 Å². The van der Waals surface area contributed by atoms with E-state index in [4.69, 9.17) is 4.74 Å². The number of rotatable bonds is 0. The smallest absolute Gasteiger partial charge is 0.414 e. The molecule has 4 nitrogen and oxygen atoms in total. The number of ether oxygens (including phenoxy) is 1. The van der Waals surface area contributed by atoms with Crippen LogP contribution in [0, 0.1) is 13.8 Å². The molecule has 1 aromatic carbocycles. The van der Waals surface area contributed by atoms with E-state index in [-0.39, 0.29) is 6.09 Å². The molecule has 0 bridgehead atoms. The Hall–Kier alpha value is -1.71. The summed E-state index contributed by atoms with van der Waals surface area (Å²) in [5, 5.41) is 3.33. The summed E-state index contributed by atoms with van der Waals surface area (Å²) in [6.45, 7) is 11.2. The van der Waals surface area contributed by atoms with Gasteiger partial charge in [-0.05, 0) is 57.9 Å². The molecule has 0 fully saturated rings. The average molecular weight is 262 g/mol. The van der Waals surface area contributed by atoms with Crippen LogP contribution in [0.25, 0.3) is 0 Å². The van der Waals surface area contributed by atoms with Crippen LogP contribution < -0.4 is 10.2 Å². The van der Waals surface area contributed by atoms with E-state index in [2.05, 4.69) is 25.2 Å². The fourth-order valence-electron chi connectivity index (χ4n) is 2.10. The van der Waals surface area contributed by atoms with Gasteiger partial charge in [0.05, 0.1) is 11.4 Å². The zero-order valence-corrected chi connectivity index (χ0v) is 12.3. The number of carbonyl (C=O) groups excluding carboxylic acids is 1. The SMILES string of the molecule is Cc1cc2c(cc1C)N(C(=O)OC(C)(C)C)CCN2. The second kappa shape index (κ2) is 4.76. The number of amides is 1. The van der Waals surface area contributed by atoms with Crippen molar-refractivity contribution in [3.63, 3.8) is 0 Å². The quantitative estimate of drug-likeness (QED) is 0.778. The highest BCUT2D eigenvalue weighted by Gasteiger charge is 2.27. The molecule has 1 aromatic rings. The second-order valence-corrected chi connectivity index (χ2v) is 6.01. The first kappa shape index (κ1) is 13.7. The number of aryl methyl sites for hydroxylation is 2. The highest BCUT2D eigenvalue weighted by Crippen LogP contribution is 2.32. The van der Waals surface area contributed by atoms with Crippen LogP contribution >= 0.6 is 0 Å². The first-order chi connectivity index (χ1) is 8.78. The van der Waals surface area contributed by atoms with E-state index in [1.165, 1.54) is 11.1 Å². The van der Waals surface area contributed by atoms with Gasteiger partial charge in [0.15, 0.2) is 0 Å². The van der Waals surface area contributed by atoms with E-state index in [1.54, 1.807) is 4.90 Å². The zero-order valence-electron chi connectivity index (χ0n) is 12.3. The molecular formula is C15H22N2O2. The number of carbonyl (C=O) groups is 1. The summed E-state index contributed by atoms with van der Waals surface area (Å²) in [6, 6.07) is 4.13. The van der Waals surface area contributed by atoms with Crippen molar-refractivity contribution >= 4 is 17.5 Å². The van der Waals surface area contributed by atoms with Gasteiger partial charge in [-0.25, -0.2) is 4.79 Å². The fourth-order valence-corrected chi connectivity index (χ4v) is 2.10. The molecule has 1 aliphatic rings. The van der Waals surface area contributed by atoms with E-state index in [0.717, 1.165) is 17.9 Å². The largest absolute Gasteiger partial charge is 0.443 e. The lowest BCUT2D eigenvalue weighted by Crippen LogP contribution is -2.42. The first-order valence-electron chi connectivity index (χ1n) is 6.63. The summed E-state index contributed by atoms with van der Waals surface area (Å²) in [5.41, 5.74) is 3.83. The molecule has 19 heavy (non-hydrogen) atoms. The van der Waals surface area contributed by atoms with Gasteiger partial charge in [-0.15, -0.1) is 0 Å². The predicted octanol–water partition coefficient (Wildman–Crippen LogP) is 3.47. The van der Waals surface area contributed by atoms with Crippen LogP contribution in [0.5, 0.6) is 0 Å². The summed E-state index contributed by atoms with van der Waals surface area (Å²) in [4.78, 5) is 14.0. The minimum absolute atomic E-state index is 0.279. The van der Waals surface area contributed by atoms with Crippen molar-refractivity contribution in [3.05, 3.63) is 23.3 Å². The van der Waals surface area contributed by atoms with Crippen molar-refractivity contribution in [1.82, 2.24) is 0 Å². The lowest BCUT2D eigenvalue weighted by Gasteiger charge is -2.32. The molecule has 0 saturated carbocycles. The highest BCUT2D eigenvalue weighted by atomic mass is 16.6. The molecule has 1 N–H and O–H groups in total. The number of nitrogens with one attached hydrogen (secondary N) is 1.